The van der Waals surface area contributed by atoms with Gasteiger partial charge in [-0.3, -0.25) is 4.79 Å². The van der Waals surface area contributed by atoms with Gasteiger partial charge in [-0.05, 0) is 24.0 Å². The second-order valence-electron chi connectivity index (χ2n) is 4.96. The first-order valence-corrected chi connectivity index (χ1v) is 6.70. The number of carbonyl (C=O) groups is 1. The first kappa shape index (κ1) is 14.0. The van der Waals surface area contributed by atoms with Crippen molar-refractivity contribution in [3.8, 4) is 0 Å². The maximum Gasteiger partial charge on any atom is 0.133 e. The molecule has 0 N–H and O–H groups in total. The van der Waals surface area contributed by atoms with Crippen molar-refractivity contribution < 1.29 is 4.79 Å². The van der Waals surface area contributed by atoms with Gasteiger partial charge in [0, 0.05) is 18.6 Å². The van der Waals surface area contributed by atoms with Gasteiger partial charge in [0.05, 0.1) is 0 Å². The van der Waals surface area contributed by atoms with Crippen LogP contribution in [0.3, 0.4) is 0 Å². The Labute approximate surface area is 93.0 Å². The molecule has 0 bridgehead atoms. The van der Waals surface area contributed by atoms with E-state index in [0.717, 1.165) is 25.0 Å². The van der Waals surface area contributed by atoms with Crippen molar-refractivity contribution in [2.45, 2.75) is 53.4 Å². The maximum absolute atomic E-state index is 11.4. The van der Waals surface area contributed by atoms with E-state index in [1.54, 1.807) is 0 Å². The molecule has 84 valence electrons. The fraction of sp³-hybridized carbons (Fsp3) is 0.917. The first-order valence-electron chi connectivity index (χ1n) is 5.55. The summed E-state index contributed by atoms with van der Waals surface area (Å²) in [5.41, 5.74) is 0.298. The third-order valence-corrected chi connectivity index (χ3v) is 3.22. The largest absolute Gasteiger partial charge is 0.300 e. The van der Waals surface area contributed by atoms with E-state index in [9.17, 15) is 4.79 Å². The average Bonchev–Trinajstić information content (AvgIpc) is 2.08. The number of carbonyl (C=O) groups excluding carboxylic acids is 1. The molecule has 0 aromatic rings. The molecule has 14 heavy (non-hydrogen) atoms. The zero-order chi connectivity index (χ0) is 11.0. The highest BCUT2D eigenvalue weighted by atomic mass is 32.2. The lowest BCUT2D eigenvalue weighted by Gasteiger charge is -2.16. The molecular weight excluding hydrogens is 192 g/mol. The summed E-state index contributed by atoms with van der Waals surface area (Å²) in [5.74, 6) is 2.63. The zero-order valence-corrected chi connectivity index (χ0v) is 10.9. The molecule has 1 nitrogen and oxygen atoms in total. The van der Waals surface area contributed by atoms with E-state index in [1.165, 1.54) is 12.2 Å². The molecule has 0 fully saturated rings. The van der Waals surface area contributed by atoms with E-state index in [-0.39, 0.29) is 0 Å². The van der Waals surface area contributed by atoms with Crippen LogP contribution >= 0.6 is 11.8 Å². The number of Topliss-reactive ketones (excluding diaryl/α,β-unsaturated/α-hetero) is 1. The number of thioether (sulfide) groups is 1. The van der Waals surface area contributed by atoms with E-state index in [2.05, 4.69) is 27.7 Å². The molecule has 0 aliphatic heterocycles. The molecule has 0 heterocycles. The van der Waals surface area contributed by atoms with Crippen molar-refractivity contribution in [3.63, 3.8) is 0 Å². The Balaban J connectivity index is 3.38. The van der Waals surface area contributed by atoms with Crippen LogP contribution in [0.4, 0.5) is 0 Å². The maximum atomic E-state index is 11.4. The van der Waals surface area contributed by atoms with Gasteiger partial charge in [-0.2, -0.15) is 11.8 Å². The quantitative estimate of drug-likeness (QED) is 0.600. The minimum Gasteiger partial charge on any atom is -0.300 e. The Bertz CT molecular complexity index is 158. The molecule has 0 radical (unpaired) electrons. The number of hydrogen-bond donors (Lipinski definition) is 0. The molecule has 0 saturated carbocycles. The number of hydrogen-bond acceptors (Lipinski definition) is 2. The standard InChI is InChI=1S/C12H24OS/c1-5-9-14-10-7-11(13)6-8-12(2,3)4/h5-10H2,1-4H3. The summed E-state index contributed by atoms with van der Waals surface area (Å²) in [5, 5.41) is 0. The molecule has 0 saturated heterocycles. The van der Waals surface area contributed by atoms with E-state index in [0.29, 0.717) is 11.2 Å². The lowest BCUT2D eigenvalue weighted by atomic mass is 9.89. The van der Waals surface area contributed by atoms with Gasteiger partial charge in [0.15, 0.2) is 0 Å². The lowest BCUT2D eigenvalue weighted by Crippen LogP contribution is -2.09. The average molecular weight is 216 g/mol. The van der Waals surface area contributed by atoms with Crippen molar-refractivity contribution in [2.75, 3.05) is 11.5 Å². The second kappa shape index (κ2) is 7.33. The lowest BCUT2D eigenvalue weighted by molar-refractivity contribution is -0.119. The second-order valence-corrected chi connectivity index (χ2v) is 6.19. The monoisotopic (exact) mass is 216 g/mol. The van der Waals surface area contributed by atoms with Crippen LogP contribution in [0.2, 0.25) is 0 Å². The minimum atomic E-state index is 0.298. The van der Waals surface area contributed by atoms with Gasteiger partial charge in [-0.25, -0.2) is 0 Å². The topological polar surface area (TPSA) is 17.1 Å². The predicted octanol–water partition coefficient (Wildman–Crippen LogP) is 3.92. The number of rotatable bonds is 7. The van der Waals surface area contributed by atoms with E-state index in [4.69, 9.17) is 0 Å². The van der Waals surface area contributed by atoms with Gasteiger partial charge in [0.2, 0.25) is 0 Å². The van der Waals surface area contributed by atoms with Crippen molar-refractivity contribution >= 4 is 17.5 Å². The molecule has 0 amide bonds. The van der Waals surface area contributed by atoms with Crippen LogP contribution in [0.5, 0.6) is 0 Å². The summed E-state index contributed by atoms with van der Waals surface area (Å²) in [4.78, 5) is 11.4. The third kappa shape index (κ3) is 10.1. The van der Waals surface area contributed by atoms with Gasteiger partial charge >= 0.3 is 0 Å². The summed E-state index contributed by atoms with van der Waals surface area (Å²) < 4.78 is 0. The Morgan fingerprint density at radius 1 is 1.14 bits per heavy atom. The first-order chi connectivity index (χ1) is 6.45. The highest BCUT2D eigenvalue weighted by Crippen LogP contribution is 2.21. The summed E-state index contributed by atoms with van der Waals surface area (Å²) in [7, 11) is 0. The highest BCUT2D eigenvalue weighted by Gasteiger charge is 2.12. The zero-order valence-electron chi connectivity index (χ0n) is 10.1. The fourth-order valence-electron chi connectivity index (χ4n) is 1.07. The van der Waals surface area contributed by atoms with Crippen LogP contribution in [0.25, 0.3) is 0 Å². The van der Waals surface area contributed by atoms with Gasteiger partial charge in [0.1, 0.15) is 5.78 Å². The fourth-order valence-corrected chi connectivity index (χ4v) is 1.94. The van der Waals surface area contributed by atoms with Crippen molar-refractivity contribution in [3.05, 3.63) is 0 Å². The molecule has 0 rings (SSSR count). The number of ketones is 1. The van der Waals surface area contributed by atoms with Crippen LogP contribution in [0.15, 0.2) is 0 Å². The van der Waals surface area contributed by atoms with Crippen molar-refractivity contribution in [1.82, 2.24) is 0 Å². The molecular formula is C12H24OS. The van der Waals surface area contributed by atoms with Crippen molar-refractivity contribution in [2.24, 2.45) is 5.41 Å². The predicted molar refractivity (Wildman–Crippen MR) is 65.9 cm³/mol. The van der Waals surface area contributed by atoms with Crippen LogP contribution in [-0.2, 0) is 4.79 Å². The summed E-state index contributed by atoms with van der Waals surface area (Å²) in [6.07, 6.45) is 3.75. The van der Waals surface area contributed by atoms with E-state index < -0.39 is 0 Å². The highest BCUT2D eigenvalue weighted by molar-refractivity contribution is 7.99. The summed E-state index contributed by atoms with van der Waals surface area (Å²) in [6.45, 7) is 8.73. The molecule has 0 unspecified atom stereocenters. The van der Waals surface area contributed by atoms with Crippen LogP contribution in [-0.4, -0.2) is 17.3 Å². The normalized spacial score (nSPS) is 11.7. The van der Waals surface area contributed by atoms with Gasteiger partial charge in [0.25, 0.3) is 0 Å². The Kier molecular flexibility index (Phi) is 7.34. The molecule has 0 aromatic heterocycles. The van der Waals surface area contributed by atoms with Crippen molar-refractivity contribution in [1.29, 1.82) is 0 Å². The van der Waals surface area contributed by atoms with Gasteiger partial charge in [-0.1, -0.05) is 27.7 Å². The van der Waals surface area contributed by atoms with Crippen LogP contribution < -0.4 is 0 Å². The smallest absolute Gasteiger partial charge is 0.133 e. The molecule has 0 aromatic carbocycles. The summed E-state index contributed by atoms with van der Waals surface area (Å²) >= 11 is 1.89. The molecule has 2 heteroatoms. The van der Waals surface area contributed by atoms with Gasteiger partial charge < -0.3 is 0 Å². The van der Waals surface area contributed by atoms with Crippen LogP contribution in [0, 0.1) is 5.41 Å². The Morgan fingerprint density at radius 2 is 1.79 bits per heavy atom. The molecule has 0 aliphatic rings. The van der Waals surface area contributed by atoms with E-state index >= 15 is 0 Å². The third-order valence-electron chi connectivity index (χ3n) is 2.03. The Hall–Kier alpha value is 0.0200. The molecule has 0 aliphatic carbocycles. The van der Waals surface area contributed by atoms with Crippen LogP contribution in [0.1, 0.15) is 53.4 Å². The SMILES string of the molecule is CCCSCCC(=O)CCC(C)(C)C. The van der Waals surface area contributed by atoms with E-state index in [1.807, 2.05) is 11.8 Å². The molecule has 0 spiro atoms. The molecule has 0 atom stereocenters. The Morgan fingerprint density at radius 3 is 2.29 bits per heavy atom. The minimum absolute atomic E-state index is 0.298. The van der Waals surface area contributed by atoms with Gasteiger partial charge in [-0.15, -0.1) is 0 Å². The summed E-state index contributed by atoms with van der Waals surface area (Å²) in [6, 6.07) is 0.